The highest BCUT2D eigenvalue weighted by Crippen LogP contribution is 2.42. The van der Waals surface area contributed by atoms with Crippen LogP contribution in [-0.2, 0) is 0 Å². The molecule has 0 aliphatic heterocycles. The molecule has 1 fully saturated rings. The van der Waals surface area contributed by atoms with Crippen molar-refractivity contribution in [3.8, 4) is 0 Å². The summed E-state index contributed by atoms with van der Waals surface area (Å²) in [6.07, 6.45) is 13.7. The van der Waals surface area contributed by atoms with Crippen LogP contribution in [0.4, 0.5) is 8.78 Å². The first-order valence-corrected chi connectivity index (χ1v) is 9.31. The SMILES string of the molecule is CCCC1CCC(C2CC=C(c3cc(F)cc(F)c3)CC2)CC1. The number of hydrogen-bond acceptors (Lipinski definition) is 0. The van der Waals surface area contributed by atoms with Crippen molar-refractivity contribution < 1.29 is 8.78 Å². The van der Waals surface area contributed by atoms with Crippen molar-refractivity contribution in [1.82, 2.24) is 0 Å². The zero-order chi connectivity index (χ0) is 16.2. The van der Waals surface area contributed by atoms with Crippen molar-refractivity contribution in [2.45, 2.75) is 64.7 Å². The van der Waals surface area contributed by atoms with Gasteiger partial charge in [0.05, 0.1) is 0 Å². The van der Waals surface area contributed by atoms with E-state index in [1.54, 1.807) is 0 Å². The Hall–Kier alpha value is -1.18. The van der Waals surface area contributed by atoms with Gasteiger partial charge in [-0.25, -0.2) is 8.78 Å². The quantitative estimate of drug-likeness (QED) is 0.575. The van der Waals surface area contributed by atoms with E-state index in [2.05, 4.69) is 13.0 Å². The fraction of sp³-hybridized carbons (Fsp3) is 0.619. The Morgan fingerprint density at radius 2 is 1.61 bits per heavy atom. The lowest BCUT2D eigenvalue weighted by atomic mass is 9.70. The van der Waals surface area contributed by atoms with Gasteiger partial charge in [0.25, 0.3) is 0 Å². The number of rotatable bonds is 4. The normalized spacial score (nSPS) is 28.5. The Labute approximate surface area is 139 Å². The van der Waals surface area contributed by atoms with Crippen molar-refractivity contribution in [3.63, 3.8) is 0 Å². The smallest absolute Gasteiger partial charge is 0.126 e. The highest BCUT2D eigenvalue weighted by atomic mass is 19.1. The molecule has 0 heterocycles. The summed E-state index contributed by atoms with van der Waals surface area (Å²) in [5.41, 5.74) is 1.85. The van der Waals surface area contributed by atoms with Crippen LogP contribution in [0.25, 0.3) is 5.57 Å². The molecule has 3 rings (SSSR count). The van der Waals surface area contributed by atoms with Crippen LogP contribution in [0.3, 0.4) is 0 Å². The molecule has 1 atom stereocenters. The van der Waals surface area contributed by atoms with Crippen LogP contribution in [0.1, 0.15) is 70.3 Å². The third-order valence-corrected chi connectivity index (χ3v) is 5.94. The molecule has 1 aromatic rings. The summed E-state index contributed by atoms with van der Waals surface area (Å²) in [5.74, 6) is 1.65. The fourth-order valence-corrected chi connectivity index (χ4v) is 4.64. The molecule has 0 nitrogen and oxygen atoms in total. The first-order valence-electron chi connectivity index (χ1n) is 9.31. The predicted octanol–water partition coefficient (Wildman–Crippen LogP) is 6.75. The topological polar surface area (TPSA) is 0 Å². The number of allylic oxidation sites excluding steroid dienone is 2. The van der Waals surface area contributed by atoms with Crippen molar-refractivity contribution in [1.29, 1.82) is 0 Å². The van der Waals surface area contributed by atoms with Crippen molar-refractivity contribution in [3.05, 3.63) is 41.5 Å². The van der Waals surface area contributed by atoms with E-state index in [0.29, 0.717) is 0 Å². The number of benzene rings is 1. The van der Waals surface area contributed by atoms with Crippen molar-refractivity contribution in [2.75, 3.05) is 0 Å². The van der Waals surface area contributed by atoms with Crippen LogP contribution in [0.5, 0.6) is 0 Å². The third-order valence-electron chi connectivity index (χ3n) is 5.94. The van der Waals surface area contributed by atoms with E-state index in [9.17, 15) is 8.78 Å². The molecule has 0 saturated heterocycles. The van der Waals surface area contributed by atoms with Gasteiger partial charge < -0.3 is 0 Å². The summed E-state index contributed by atoms with van der Waals surface area (Å²) in [6, 6.07) is 3.88. The predicted molar refractivity (Wildman–Crippen MR) is 92.0 cm³/mol. The van der Waals surface area contributed by atoms with Gasteiger partial charge in [-0.2, -0.15) is 0 Å². The zero-order valence-electron chi connectivity index (χ0n) is 14.2. The minimum absolute atomic E-state index is 0.475. The molecule has 23 heavy (non-hydrogen) atoms. The Balaban J connectivity index is 1.58. The van der Waals surface area contributed by atoms with E-state index in [0.717, 1.165) is 47.8 Å². The van der Waals surface area contributed by atoms with Crippen molar-refractivity contribution >= 4 is 5.57 Å². The molecular formula is C21H28F2. The van der Waals surface area contributed by atoms with E-state index in [-0.39, 0.29) is 0 Å². The summed E-state index contributed by atoms with van der Waals surface area (Å²) >= 11 is 0. The van der Waals surface area contributed by atoms with Gasteiger partial charge in [0.15, 0.2) is 0 Å². The molecule has 2 heteroatoms. The molecule has 0 N–H and O–H groups in total. The average molecular weight is 318 g/mol. The van der Waals surface area contributed by atoms with E-state index in [1.807, 2.05) is 0 Å². The lowest BCUT2D eigenvalue weighted by Gasteiger charge is -2.35. The Morgan fingerprint density at radius 3 is 2.17 bits per heavy atom. The molecule has 2 aliphatic carbocycles. The van der Waals surface area contributed by atoms with E-state index in [4.69, 9.17) is 0 Å². The van der Waals surface area contributed by atoms with Crippen LogP contribution in [0.15, 0.2) is 24.3 Å². The fourth-order valence-electron chi connectivity index (χ4n) is 4.64. The molecule has 0 radical (unpaired) electrons. The molecule has 1 saturated carbocycles. The molecule has 1 aromatic carbocycles. The number of hydrogen-bond donors (Lipinski definition) is 0. The second-order valence-electron chi connectivity index (χ2n) is 7.49. The third kappa shape index (κ3) is 4.22. The van der Waals surface area contributed by atoms with Gasteiger partial charge in [0.1, 0.15) is 11.6 Å². The van der Waals surface area contributed by atoms with Crippen LogP contribution in [-0.4, -0.2) is 0 Å². The van der Waals surface area contributed by atoms with E-state index >= 15 is 0 Å². The molecule has 0 spiro atoms. The van der Waals surface area contributed by atoms with Gasteiger partial charge in [0, 0.05) is 6.07 Å². The van der Waals surface area contributed by atoms with Gasteiger partial charge in [-0.05, 0) is 73.1 Å². The van der Waals surface area contributed by atoms with Crippen LogP contribution in [0.2, 0.25) is 0 Å². The molecule has 0 bridgehead atoms. The summed E-state index contributed by atoms with van der Waals surface area (Å²) in [4.78, 5) is 0. The molecule has 0 amide bonds. The average Bonchev–Trinajstić information content (AvgIpc) is 2.55. The van der Waals surface area contributed by atoms with Crippen molar-refractivity contribution in [2.24, 2.45) is 17.8 Å². The van der Waals surface area contributed by atoms with Crippen LogP contribution < -0.4 is 0 Å². The zero-order valence-corrected chi connectivity index (χ0v) is 14.2. The Morgan fingerprint density at radius 1 is 0.913 bits per heavy atom. The minimum Gasteiger partial charge on any atom is -0.207 e. The minimum atomic E-state index is -0.475. The van der Waals surface area contributed by atoms with Gasteiger partial charge in [0.2, 0.25) is 0 Å². The Bertz CT molecular complexity index is 533. The monoisotopic (exact) mass is 318 g/mol. The maximum atomic E-state index is 13.4. The molecule has 126 valence electrons. The molecule has 1 unspecified atom stereocenters. The van der Waals surface area contributed by atoms with E-state index in [1.165, 1.54) is 57.1 Å². The lowest BCUT2D eigenvalue weighted by molar-refractivity contribution is 0.189. The second-order valence-corrected chi connectivity index (χ2v) is 7.49. The Kier molecular flexibility index (Phi) is 5.50. The summed E-state index contributed by atoms with van der Waals surface area (Å²) in [7, 11) is 0. The molecular weight excluding hydrogens is 290 g/mol. The summed E-state index contributed by atoms with van der Waals surface area (Å²) in [6.45, 7) is 2.29. The first-order chi connectivity index (χ1) is 11.2. The van der Waals surface area contributed by atoms with Gasteiger partial charge in [-0.3, -0.25) is 0 Å². The number of halogens is 2. The van der Waals surface area contributed by atoms with Gasteiger partial charge in [-0.1, -0.05) is 38.7 Å². The highest BCUT2D eigenvalue weighted by molar-refractivity contribution is 5.66. The van der Waals surface area contributed by atoms with Crippen LogP contribution in [0, 0.1) is 29.4 Å². The summed E-state index contributed by atoms with van der Waals surface area (Å²) in [5, 5.41) is 0. The molecule has 0 aromatic heterocycles. The summed E-state index contributed by atoms with van der Waals surface area (Å²) < 4.78 is 26.8. The maximum absolute atomic E-state index is 13.4. The largest absolute Gasteiger partial charge is 0.207 e. The highest BCUT2D eigenvalue weighted by Gasteiger charge is 2.28. The maximum Gasteiger partial charge on any atom is 0.126 e. The first kappa shape index (κ1) is 16.7. The van der Waals surface area contributed by atoms with Gasteiger partial charge in [-0.15, -0.1) is 0 Å². The van der Waals surface area contributed by atoms with Gasteiger partial charge >= 0.3 is 0 Å². The standard InChI is InChI=1S/C21H28F2/c1-2-3-15-4-6-16(7-5-15)17-8-10-18(11-9-17)19-12-20(22)14-21(23)13-19/h10,12-17H,2-9,11H2,1H3. The van der Waals surface area contributed by atoms with Crippen LogP contribution >= 0.6 is 0 Å². The lowest BCUT2D eigenvalue weighted by Crippen LogP contribution is -2.23. The molecule has 2 aliphatic rings. The van der Waals surface area contributed by atoms with E-state index < -0.39 is 11.6 Å². The second kappa shape index (κ2) is 7.59.